The number of anilines is 2. The van der Waals surface area contributed by atoms with Crippen LogP contribution in [0.4, 0.5) is 11.4 Å². The number of nitrogens with zero attached hydrogens (tertiary/aromatic N) is 3. The van der Waals surface area contributed by atoms with Crippen LogP contribution in [-0.4, -0.2) is 76.1 Å². The molecule has 2 aromatic rings. The largest absolute Gasteiger partial charge is 0.494 e. The molecular formula is C33H36ClN3O5S. The molecule has 4 aliphatic rings. The molecule has 6 rings (SSSR count). The van der Waals surface area contributed by atoms with Gasteiger partial charge in [-0.25, -0.2) is 0 Å². The summed E-state index contributed by atoms with van der Waals surface area (Å²) in [5, 5.41) is 10.8. The normalized spacial score (nSPS) is 29.0. The van der Waals surface area contributed by atoms with Crippen LogP contribution in [0.5, 0.6) is 5.75 Å². The van der Waals surface area contributed by atoms with Gasteiger partial charge < -0.3 is 24.5 Å². The summed E-state index contributed by atoms with van der Waals surface area (Å²) < 4.78 is 4.61. The topological polar surface area (TPSA) is 90.4 Å². The van der Waals surface area contributed by atoms with Gasteiger partial charge >= 0.3 is 0 Å². The first-order valence-corrected chi connectivity index (χ1v) is 16.0. The molecule has 10 heteroatoms. The van der Waals surface area contributed by atoms with Crippen molar-refractivity contribution in [1.29, 1.82) is 0 Å². The number of carbonyl (C=O) groups is 3. The number of aliphatic hydroxyl groups is 1. The Morgan fingerprint density at radius 2 is 1.58 bits per heavy atom. The molecule has 1 N–H and O–H groups in total. The lowest BCUT2D eigenvalue weighted by molar-refractivity contribution is -0.142. The first kappa shape index (κ1) is 29.8. The van der Waals surface area contributed by atoms with Crippen LogP contribution in [0.1, 0.15) is 20.8 Å². The number of carbonyl (C=O) groups excluding carboxylic acids is 3. The number of amides is 3. The highest BCUT2D eigenvalue weighted by atomic mass is 35.5. The van der Waals surface area contributed by atoms with E-state index < -0.39 is 28.7 Å². The van der Waals surface area contributed by atoms with Crippen LogP contribution in [0.2, 0.25) is 5.02 Å². The van der Waals surface area contributed by atoms with Gasteiger partial charge in [0, 0.05) is 34.7 Å². The molecule has 2 saturated heterocycles. The Bertz CT molecular complexity index is 1460. The van der Waals surface area contributed by atoms with Gasteiger partial charge in [-0.15, -0.1) is 11.8 Å². The number of benzene rings is 2. The highest BCUT2D eigenvalue weighted by molar-refractivity contribution is 8.02. The van der Waals surface area contributed by atoms with Gasteiger partial charge in [0.25, 0.3) is 5.91 Å². The maximum absolute atomic E-state index is 14.6. The molecule has 226 valence electrons. The number of rotatable bonds is 7. The molecule has 6 atom stereocenters. The van der Waals surface area contributed by atoms with Crippen molar-refractivity contribution < 1.29 is 24.2 Å². The average molecular weight is 622 g/mol. The molecule has 0 saturated carbocycles. The standard InChI is InChI=1S/C33H36ClN3O5S/c1-4-42-24-14-12-23(13-15-24)35-17-5-7-26-27(30(35)39)28-31(40)37(25(19-38)20(2)3)29-32(41)36(18-6-16-33(28,29)43-26)22-10-8-21(34)9-11-22/h5-16,20,25-29,38H,4,17-19H2,1-3H3/t25-,26+,27-,28-,29?,33-/m0/s1. The third kappa shape index (κ3) is 4.86. The van der Waals surface area contributed by atoms with Gasteiger partial charge in [0.15, 0.2) is 0 Å². The second-order valence-corrected chi connectivity index (χ2v) is 13.6. The summed E-state index contributed by atoms with van der Waals surface area (Å²) in [6, 6.07) is 13.0. The molecule has 2 fully saturated rings. The Kier molecular flexibility index (Phi) is 8.08. The molecule has 1 unspecified atom stereocenters. The van der Waals surface area contributed by atoms with Gasteiger partial charge in [-0.2, -0.15) is 0 Å². The zero-order chi connectivity index (χ0) is 30.5. The van der Waals surface area contributed by atoms with Gasteiger partial charge in [0.2, 0.25) is 11.8 Å². The van der Waals surface area contributed by atoms with E-state index in [0.29, 0.717) is 30.4 Å². The zero-order valence-electron chi connectivity index (χ0n) is 24.4. The number of fused-ring (bicyclic) bond motifs is 2. The summed E-state index contributed by atoms with van der Waals surface area (Å²) in [5.74, 6) is -1.48. The molecule has 0 aliphatic carbocycles. The number of thioether (sulfide) groups is 1. The van der Waals surface area contributed by atoms with Gasteiger partial charge in [0.05, 0.1) is 35.8 Å². The lowest BCUT2D eigenvalue weighted by Gasteiger charge is -2.39. The maximum Gasteiger partial charge on any atom is 0.251 e. The summed E-state index contributed by atoms with van der Waals surface area (Å²) in [5.41, 5.74) is 1.40. The third-order valence-electron chi connectivity index (χ3n) is 9.01. The quantitative estimate of drug-likeness (QED) is 0.456. The van der Waals surface area contributed by atoms with Crippen LogP contribution in [-0.2, 0) is 14.4 Å². The fourth-order valence-corrected chi connectivity index (χ4v) is 9.15. The van der Waals surface area contributed by atoms with Crippen molar-refractivity contribution in [2.45, 2.75) is 42.9 Å². The van der Waals surface area contributed by atoms with Crippen molar-refractivity contribution in [3.8, 4) is 5.75 Å². The fourth-order valence-electron chi connectivity index (χ4n) is 7.03. The SMILES string of the molecule is CCOc1ccc(N2CC=C[C@H]3S[C@]45C=CCN(c6ccc(Cl)cc6)C(=O)C4N([C@@H](CO)C(C)C)C(=O)[C@@H]5[C@H]3C2=O)cc1. The molecule has 4 heterocycles. The molecule has 1 spiro atoms. The van der Waals surface area contributed by atoms with Gasteiger partial charge in [-0.1, -0.05) is 49.8 Å². The first-order chi connectivity index (χ1) is 20.7. The number of likely N-dealkylation sites (tertiary alicyclic amines) is 1. The van der Waals surface area contributed by atoms with Gasteiger partial charge in [-0.05, 0) is 61.4 Å². The molecule has 2 aromatic carbocycles. The predicted octanol–water partition coefficient (Wildman–Crippen LogP) is 4.56. The minimum atomic E-state index is -0.977. The zero-order valence-corrected chi connectivity index (χ0v) is 26.0. The number of halogens is 1. The molecule has 0 radical (unpaired) electrons. The van der Waals surface area contributed by atoms with Crippen molar-refractivity contribution in [3.63, 3.8) is 0 Å². The van der Waals surface area contributed by atoms with Crippen molar-refractivity contribution in [2.24, 2.45) is 17.8 Å². The Hall–Kier alpha value is -3.27. The molecule has 0 bridgehead atoms. The highest BCUT2D eigenvalue weighted by Gasteiger charge is 2.72. The van der Waals surface area contributed by atoms with Gasteiger partial charge in [0.1, 0.15) is 11.8 Å². The molecule has 43 heavy (non-hydrogen) atoms. The van der Waals surface area contributed by atoms with E-state index in [1.54, 1.807) is 39.0 Å². The highest BCUT2D eigenvalue weighted by Crippen LogP contribution is 2.61. The van der Waals surface area contributed by atoms with Crippen molar-refractivity contribution in [1.82, 2.24) is 4.90 Å². The fraction of sp³-hybridized carbons (Fsp3) is 0.424. The second kappa shape index (κ2) is 11.7. The smallest absolute Gasteiger partial charge is 0.251 e. The maximum atomic E-state index is 14.6. The first-order valence-electron chi connectivity index (χ1n) is 14.8. The monoisotopic (exact) mass is 621 g/mol. The molecule has 0 aromatic heterocycles. The van der Waals surface area contributed by atoms with Crippen LogP contribution >= 0.6 is 23.4 Å². The Labute approximate surface area is 261 Å². The Morgan fingerprint density at radius 3 is 2.21 bits per heavy atom. The third-order valence-corrected chi connectivity index (χ3v) is 11.0. The minimum absolute atomic E-state index is 0.111. The van der Waals surface area contributed by atoms with Crippen molar-refractivity contribution >= 4 is 52.5 Å². The summed E-state index contributed by atoms with van der Waals surface area (Å²) in [4.78, 5) is 48.7. The minimum Gasteiger partial charge on any atom is -0.494 e. The van der Waals surface area contributed by atoms with E-state index in [2.05, 4.69) is 0 Å². The Balaban J connectivity index is 1.43. The Morgan fingerprint density at radius 1 is 0.953 bits per heavy atom. The lowest BCUT2D eigenvalue weighted by atomic mass is 9.78. The van der Waals surface area contributed by atoms with E-state index in [-0.39, 0.29) is 35.5 Å². The van der Waals surface area contributed by atoms with E-state index >= 15 is 0 Å². The van der Waals surface area contributed by atoms with Crippen LogP contribution in [0, 0.1) is 17.8 Å². The average Bonchev–Trinajstić information content (AvgIpc) is 3.30. The van der Waals surface area contributed by atoms with Crippen LogP contribution in [0.3, 0.4) is 0 Å². The molecule has 8 nitrogen and oxygen atoms in total. The van der Waals surface area contributed by atoms with E-state index in [9.17, 15) is 19.5 Å². The summed E-state index contributed by atoms with van der Waals surface area (Å²) >= 11 is 7.67. The van der Waals surface area contributed by atoms with Crippen molar-refractivity contribution in [2.75, 3.05) is 36.1 Å². The van der Waals surface area contributed by atoms with Crippen LogP contribution in [0.25, 0.3) is 0 Å². The second-order valence-electron chi connectivity index (χ2n) is 11.7. The van der Waals surface area contributed by atoms with Crippen LogP contribution < -0.4 is 14.5 Å². The molecular weight excluding hydrogens is 586 g/mol. The summed E-state index contributed by atoms with van der Waals surface area (Å²) in [6.45, 7) is 6.75. The van der Waals surface area contributed by atoms with E-state index in [1.165, 1.54) is 11.8 Å². The number of aliphatic hydroxyl groups excluding tert-OH is 1. The predicted molar refractivity (Wildman–Crippen MR) is 169 cm³/mol. The van der Waals surface area contributed by atoms with Crippen molar-refractivity contribution in [3.05, 3.63) is 77.9 Å². The summed E-state index contributed by atoms with van der Waals surface area (Å²) in [6.07, 6.45) is 7.93. The molecule has 4 aliphatic heterocycles. The van der Waals surface area contributed by atoms with Crippen LogP contribution in [0.15, 0.2) is 72.8 Å². The van der Waals surface area contributed by atoms with E-state index in [1.807, 2.05) is 69.3 Å². The number of ether oxygens (including phenoxy) is 1. The van der Waals surface area contributed by atoms with Gasteiger partial charge in [-0.3, -0.25) is 14.4 Å². The van der Waals surface area contributed by atoms with E-state index in [0.717, 1.165) is 11.4 Å². The molecule has 3 amide bonds. The summed E-state index contributed by atoms with van der Waals surface area (Å²) in [7, 11) is 0. The number of hydrogen-bond acceptors (Lipinski definition) is 6. The lowest BCUT2D eigenvalue weighted by Crippen LogP contribution is -2.57. The number of hydrogen-bond donors (Lipinski definition) is 1. The van der Waals surface area contributed by atoms with E-state index in [4.69, 9.17) is 16.3 Å².